The van der Waals surface area contributed by atoms with Crippen LogP contribution in [0.5, 0.6) is 0 Å². The molecule has 2 aliphatic rings. The lowest BCUT2D eigenvalue weighted by Gasteiger charge is -2.37. The third-order valence-electron chi connectivity index (χ3n) is 7.94. The first-order valence-electron chi connectivity index (χ1n) is 12.5. The van der Waals surface area contributed by atoms with Gasteiger partial charge in [0.2, 0.25) is 0 Å². The number of hydrogen-bond acceptors (Lipinski definition) is 4. The Hall–Kier alpha value is -1.76. The number of aliphatic hydroxyl groups is 1. The van der Waals surface area contributed by atoms with Crippen molar-refractivity contribution in [2.75, 3.05) is 6.61 Å². The lowest BCUT2D eigenvalue weighted by molar-refractivity contribution is -0.0802. The monoisotopic (exact) mass is 480 g/mol. The van der Waals surface area contributed by atoms with Crippen LogP contribution in [0.2, 0.25) is 18.1 Å². The molecule has 0 heterocycles. The first-order valence-corrected chi connectivity index (χ1v) is 15.4. The van der Waals surface area contributed by atoms with Crippen molar-refractivity contribution >= 4 is 8.32 Å². The third kappa shape index (κ3) is 5.72. The zero-order chi connectivity index (χ0) is 24.3. The quantitative estimate of drug-likeness (QED) is 0.347. The second-order valence-corrected chi connectivity index (χ2v) is 16.1. The summed E-state index contributed by atoms with van der Waals surface area (Å²) in [5.41, 5.74) is 3.47. The molecule has 4 nitrogen and oxygen atoms in total. The smallest absolute Gasteiger partial charge is 0.192 e. The Morgan fingerprint density at radius 1 is 0.853 bits per heavy atom. The Labute approximate surface area is 206 Å². The number of hydrogen-bond donors (Lipinski definition) is 1. The summed E-state index contributed by atoms with van der Waals surface area (Å²) < 4.78 is 19.6. The molecule has 0 unspecified atom stereocenters. The molecule has 0 spiro atoms. The van der Waals surface area contributed by atoms with Crippen molar-refractivity contribution in [2.24, 2.45) is 11.8 Å². The molecule has 4 rings (SSSR count). The molecular formula is C29H40O4Si. The molecule has 0 aliphatic heterocycles. The van der Waals surface area contributed by atoms with Gasteiger partial charge in [-0.25, -0.2) is 0 Å². The minimum Gasteiger partial charge on any atom is -0.413 e. The van der Waals surface area contributed by atoms with Gasteiger partial charge in [-0.1, -0.05) is 87.5 Å². The van der Waals surface area contributed by atoms with Gasteiger partial charge in [0, 0.05) is 11.8 Å². The average Bonchev–Trinajstić information content (AvgIpc) is 3.32. The van der Waals surface area contributed by atoms with Gasteiger partial charge in [-0.3, -0.25) is 0 Å². The minimum absolute atomic E-state index is 0.0647. The summed E-state index contributed by atoms with van der Waals surface area (Å²) >= 11 is 0. The van der Waals surface area contributed by atoms with Gasteiger partial charge >= 0.3 is 0 Å². The number of benzene rings is 2. The van der Waals surface area contributed by atoms with E-state index >= 15 is 0 Å². The normalized spacial score (nSPS) is 27.0. The van der Waals surface area contributed by atoms with E-state index in [1.807, 2.05) is 42.5 Å². The van der Waals surface area contributed by atoms with Crippen LogP contribution < -0.4 is 0 Å². The molecule has 0 aromatic heterocycles. The maximum absolute atomic E-state index is 10.9. The van der Waals surface area contributed by atoms with E-state index in [-0.39, 0.29) is 29.1 Å². The highest BCUT2D eigenvalue weighted by Gasteiger charge is 2.52. The molecule has 1 N–H and O–H groups in total. The highest BCUT2D eigenvalue weighted by atomic mass is 28.4. The predicted octanol–water partition coefficient (Wildman–Crippen LogP) is 6.12. The number of rotatable bonds is 9. The van der Waals surface area contributed by atoms with Crippen LogP contribution in [0.15, 0.2) is 72.3 Å². The average molecular weight is 481 g/mol. The summed E-state index contributed by atoms with van der Waals surface area (Å²) in [6.45, 7) is 13.0. The highest BCUT2D eigenvalue weighted by Crippen LogP contribution is 2.48. The van der Waals surface area contributed by atoms with E-state index in [1.165, 1.54) is 5.57 Å². The van der Waals surface area contributed by atoms with Gasteiger partial charge in [-0.05, 0) is 41.3 Å². The maximum Gasteiger partial charge on any atom is 0.192 e. The van der Waals surface area contributed by atoms with E-state index in [2.05, 4.69) is 58.1 Å². The molecule has 34 heavy (non-hydrogen) atoms. The molecule has 1 saturated carbocycles. The lowest BCUT2D eigenvalue weighted by Crippen LogP contribution is -2.42. The molecule has 5 heteroatoms. The number of fused-ring (bicyclic) bond motifs is 1. The van der Waals surface area contributed by atoms with E-state index in [0.717, 1.165) is 17.5 Å². The summed E-state index contributed by atoms with van der Waals surface area (Å²) in [5.74, 6) is 0.226. The largest absolute Gasteiger partial charge is 0.413 e. The van der Waals surface area contributed by atoms with Crippen LogP contribution in [0.25, 0.3) is 0 Å². The highest BCUT2D eigenvalue weighted by molar-refractivity contribution is 6.74. The van der Waals surface area contributed by atoms with Crippen LogP contribution in [-0.4, -0.2) is 38.3 Å². The number of ether oxygens (including phenoxy) is 2. The molecular weight excluding hydrogens is 440 g/mol. The Bertz CT molecular complexity index is 951. The van der Waals surface area contributed by atoms with Crippen molar-refractivity contribution in [3.63, 3.8) is 0 Å². The summed E-state index contributed by atoms with van der Waals surface area (Å²) in [4.78, 5) is 0. The fraction of sp³-hybridized carbons (Fsp3) is 0.517. The Morgan fingerprint density at radius 3 is 1.97 bits per heavy atom. The molecule has 2 aliphatic carbocycles. The summed E-state index contributed by atoms with van der Waals surface area (Å²) in [6, 6.07) is 20.5. The van der Waals surface area contributed by atoms with E-state index in [9.17, 15) is 5.11 Å². The summed E-state index contributed by atoms with van der Waals surface area (Å²) in [6.07, 6.45) is 2.16. The van der Waals surface area contributed by atoms with E-state index < -0.39 is 14.4 Å². The van der Waals surface area contributed by atoms with Crippen LogP contribution in [0.3, 0.4) is 0 Å². The van der Waals surface area contributed by atoms with Crippen molar-refractivity contribution in [3.05, 3.63) is 83.4 Å². The minimum atomic E-state index is -1.90. The van der Waals surface area contributed by atoms with Crippen molar-refractivity contribution in [2.45, 2.75) is 76.8 Å². The standard InChI is InChI=1S/C29H40O4Si/c1-29(2,3)34(4,5)33-20-23-16-25(30)24-17-26(31-18-21-12-8-6-9-13-21)28(27(23)24)32-19-22-14-10-7-11-15-22/h6-16,24-28,30H,17-20H2,1-5H3/t24-,25-,26+,27+,28+/m0/s1. The second-order valence-electron chi connectivity index (χ2n) is 11.3. The van der Waals surface area contributed by atoms with Crippen molar-refractivity contribution in [1.82, 2.24) is 0 Å². The van der Waals surface area contributed by atoms with Crippen LogP contribution >= 0.6 is 0 Å². The summed E-state index contributed by atoms with van der Waals surface area (Å²) in [7, 11) is -1.90. The molecule has 0 saturated heterocycles. The van der Waals surface area contributed by atoms with E-state index in [4.69, 9.17) is 13.9 Å². The van der Waals surface area contributed by atoms with Gasteiger partial charge in [-0.15, -0.1) is 0 Å². The van der Waals surface area contributed by atoms with Gasteiger partial charge in [-0.2, -0.15) is 0 Å². The van der Waals surface area contributed by atoms with Crippen molar-refractivity contribution in [3.8, 4) is 0 Å². The first-order chi connectivity index (χ1) is 16.2. The van der Waals surface area contributed by atoms with Crippen LogP contribution in [-0.2, 0) is 27.1 Å². The molecule has 184 valence electrons. The number of aliphatic hydroxyl groups excluding tert-OH is 1. The van der Waals surface area contributed by atoms with Gasteiger partial charge in [0.25, 0.3) is 0 Å². The molecule has 1 fully saturated rings. The van der Waals surface area contributed by atoms with E-state index in [0.29, 0.717) is 19.8 Å². The SMILES string of the molecule is CC(C)(C)[Si](C)(C)OCC1=C[C@H](O)[C@@H]2C[C@@H](OCc3ccccc3)[C@@H](OCc3ccccc3)[C@H]12. The van der Waals surface area contributed by atoms with Gasteiger partial charge in [0.05, 0.1) is 38.1 Å². The molecule has 0 amide bonds. The summed E-state index contributed by atoms with van der Waals surface area (Å²) in [5, 5.41) is 11.1. The van der Waals surface area contributed by atoms with Gasteiger partial charge in [0.1, 0.15) is 0 Å². The van der Waals surface area contributed by atoms with Gasteiger partial charge < -0.3 is 19.0 Å². The first kappa shape index (κ1) is 25.3. The van der Waals surface area contributed by atoms with E-state index in [1.54, 1.807) is 0 Å². The third-order valence-corrected chi connectivity index (χ3v) is 12.4. The molecule has 0 bridgehead atoms. The Balaban J connectivity index is 1.50. The fourth-order valence-corrected chi connectivity index (χ4v) is 5.82. The Kier molecular flexibility index (Phi) is 7.80. The molecule has 0 radical (unpaired) electrons. The topological polar surface area (TPSA) is 47.9 Å². The Morgan fingerprint density at radius 2 is 1.41 bits per heavy atom. The van der Waals surface area contributed by atoms with Gasteiger partial charge in [0.15, 0.2) is 8.32 Å². The zero-order valence-corrected chi connectivity index (χ0v) is 22.2. The predicted molar refractivity (Wildman–Crippen MR) is 139 cm³/mol. The zero-order valence-electron chi connectivity index (χ0n) is 21.2. The maximum atomic E-state index is 10.9. The second kappa shape index (κ2) is 10.5. The molecule has 5 atom stereocenters. The molecule has 2 aromatic carbocycles. The van der Waals surface area contributed by atoms with Crippen molar-refractivity contribution in [1.29, 1.82) is 0 Å². The lowest BCUT2D eigenvalue weighted by atomic mass is 9.92. The van der Waals surface area contributed by atoms with Crippen LogP contribution in [0.4, 0.5) is 0 Å². The van der Waals surface area contributed by atoms with Crippen LogP contribution in [0.1, 0.15) is 38.3 Å². The van der Waals surface area contributed by atoms with Crippen molar-refractivity contribution < 1.29 is 19.0 Å². The van der Waals surface area contributed by atoms with Crippen LogP contribution in [0, 0.1) is 11.8 Å². The molecule has 2 aromatic rings. The fourth-order valence-electron chi connectivity index (χ4n) is 4.86.